The van der Waals surface area contributed by atoms with Gasteiger partial charge in [0.05, 0.1) is 5.75 Å². The van der Waals surface area contributed by atoms with Gasteiger partial charge < -0.3 is 10.1 Å². The number of carbonyl (C=O) groups excluding carboxylic acids is 2. The van der Waals surface area contributed by atoms with Crippen LogP contribution in [0.4, 0.5) is 4.79 Å². The first-order valence-electron chi connectivity index (χ1n) is 7.18. The van der Waals surface area contributed by atoms with E-state index in [4.69, 9.17) is 16.3 Å². The van der Waals surface area contributed by atoms with Gasteiger partial charge in [-0.1, -0.05) is 29.4 Å². The zero-order valence-corrected chi connectivity index (χ0v) is 14.7. The van der Waals surface area contributed by atoms with E-state index in [1.807, 2.05) is 0 Å². The molecule has 1 heterocycles. The average Bonchev–Trinajstić information content (AvgIpc) is 3.05. The summed E-state index contributed by atoms with van der Waals surface area (Å²) in [5, 5.41) is 12.3. The molecule has 2 rings (SSSR count). The van der Waals surface area contributed by atoms with Crippen molar-refractivity contribution in [1.82, 2.24) is 25.8 Å². The molecule has 3 amide bonds. The normalized spacial score (nSPS) is 10.1. The van der Waals surface area contributed by atoms with Gasteiger partial charge in [-0.3, -0.25) is 15.2 Å². The zero-order valence-electron chi connectivity index (χ0n) is 13.1. The van der Waals surface area contributed by atoms with Crippen LogP contribution in [0.5, 0.6) is 5.75 Å². The van der Waals surface area contributed by atoms with Gasteiger partial charge in [0.25, 0.3) is 0 Å². The third-order valence-corrected chi connectivity index (χ3v) is 3.79. The van der Waals surface area contributed by atoms with E-state index in [1.165, 1.54) is 6.08 Å². The van der Waals surface area contributed by atoms with Crippen LogP contribution in [0.2, 0.25) is 5.02 Å². The maximum atomic E-state index is 11.6. The van der Waals surface area contributed by atoms with Crippen LogP contribution in [0.3, 0.4) is 0 Å². The van der Waals surface area contributed by atoms with Gasteiger partial charge in [0.1, 0.15) is 12.4 Å². The molecule has 132 valence electrons. The maximum Gasteiger partial charge on any atom is 0.321 e. The van der Waals surface area contributed by atoms with E-state index in [0.717, 1.165) is 11.8 Å². The molecule has 0 bridgehead atoms. The molecule has 0 spiro atoms. The van der Waals surface area contributed by atoms with E-state index < -0.39 is 11.9 Å². The largest absolute Gasteiger partial charge is 0.486 e. The summed E-state index contributed by atoms with van der Waals surface area (Å²) in [7, 11) is 0. The van der Waals surface area contributed by atoms with E-state index in [9.17, 15) is 9.59 Å². The second-order valence-electron chi connectivity index (χ2n) is 4.64. The molecule has 3 N–H and O–H groups in total. The zero-order chi connectivity index (χ0) is 18.1. The first-order valence-corrected chi connectivity index (χ1v) is 8.54. The number of rotatable bonds is 8. The van der Waals surface area contributed by atoms with Gasteiger partial charge in [0.15, 0.2) is 5.82 Å². The monoisotopic (exact) mass is 381 g/mol. The van der Waals surface area contributed by atoms with Crippen LogP contribution in [-0.4, -0.2) is 39.4 Å². The van der Waals surface area contributed by atoms with Crippen LogP contribution in [0.15, 0.2) is 42.1 Å². The number of hydrogen-bond acceptors (Lipinski definition) is 6. The summed E-state index contributed by atoms with van der Waals surface area (Å²) in [6.45, 7) is 3.94. The number of nitrogens with one attached hydrogen (secondary N) is 3. The van der Waals surface area contributed by atoms with Gasteiger partial charge in [-0.2, -0.15) is 0 Å². The lowest BCUT2D eigenvalue weighted by atomic mass is 10.3. The molecule has 10 heteroatoms. The first-order chi connectivity index (χ1) is 12.1. The van der Waals surface area contributed by atoms with Crippen molar-refractivity contribution >= 4 is 35.3 Å². The summed E-state index contributed by atoms with van der Waals surface area (Å²) in [6, 6.07) is 6.37. The molecule has 0 saturated heterocycles. The van der Waals surface area contributed by atoms with Crippen LogP contribution in [0, 0.1) is 0 Å². The highest BCUT2D eigenvalue weighted by Gasteiger charge is 2.10. The van der Waals surface area contributed by atoms with Gasteiger partial charge in [0.2, 0.25) is 11.1 Å². The Morgan fingerprint density at radius 3 is 2.84 bits per heavy atom. The lowest BCUT2D eigenvalue weighted by molar-refractivity contribution is -0.117. The fourth-order valence-electron chi connectivity index (χ4n) is 1.59. The summed E-state index contributed by atoms with van der Waals surface area (Å²) >= 11 is 6.90. The Balaban J connectivity index is 1.73. The van der Waals surface area contributed by atoms with Gasteiger partial charge in [-0.05, 0) is 24.3 Å². The van der Waals surface area contributed by atoms with Crippen LogP contribution in [0.25, 0.3) is 0 Å². The van der Waals surface area contributed by atoms with E-state index in [-0.39, 0.29) is 18.9 Å². The highest BCUT2D eigenvalue weighted by Crippen LogP contribution is 2.17. The molecule has 0 unspecified atom stereocenters. The number of nitrogens with zero attached hydrogens (tertiary/aromatic N) is 2. The van der Waals surface area contributed by atoms with Crippen LogP contribution in [-0.2, 0) is 11.4 Å². The van der Waals surface area contributed by atoms with Crippen molar-refractivity contribution in [3.63, 3.8) is 0 Å². The molecule has 8 nitrogen and oxygen atoms in total. The SMILES string of the molecule is C=CCNC(=O)NC(=O)CSc1n[nH]c(COc2ccc(Cl)cc2)n1. The van der Waals surface area contributed by atoms with Crippen molar-refractivity contribution in [1.29, 1.82) is 0 Å². The number of carbonyl (C=O) groups is 2. The van der Waals surface area contributed by atoms with E-state index in [1.54, 1.807) is 24.3 Å². The van der Waals surface area contributed by atoms with Gasteiger partial charge in [-0.25, -0.2) is 9.78 Å². The molecular weight excluding hydrogens is 366 g/mol. The van der Waals surface area contributed by atoms with Gasteiger partial charge >= 0.3 is 6.03 Å². The molecule has 0 saturated carbocycles. The number of H-pyrrole nitrogens is 1. The van der Waals surface area contributed by atoms with Crippen molar-refractivity contribution in [2.75, 3.05) is 12.3 Å². The lowest BCUT2D eigenvalue weighted by Gasteiger charge is -2.03. The van der Waals surface area contributed by atoms with Crippen molar-refractivity contribution < 1.29 is 14.3 Å². The van der Waals surface area contributed by atoms with E-state index in [2.05, 4.69) is 32.4 Å². The summed E-state index contributed by atoms with van der Waals surface area (Å²) in [5.74, 6) is 0.730. The van der Waals surface area contributed by atoms with Crippen LogP contribution >= 0.6 is 23.4 Å². The number of aromatic amines is 1. The standard InChI is InChI=1S/C15H16ClN5O3S/c1-2-7-17-14(23)19-13(22)9-25-15-18-12(20-21-15)8-24-11-5-3-10(16)4-6-11/h2-6H,1,7-9H2,(H,18,20,21)(H2,17,19,22,23). The summed E-state index contributed by atoms with van der Waals surface area (Å²) < 4.78 is 5.53. The summed E-state index contributed by atoms with van der Waals surface area (Å²) in [4.78, 5) is 27.1. The molecular formula is C15H16ClN5O3S. The second-order valence-corrected chi connectivity index (χ2v) is 6.02. The molecule has 0 radical (unpaired) electrons. The van der Waals surface area contributed by atoms with Crippen molar-refractivity contribution in [2.45, 2.75) is 11.8 Å². The molecule has 0 atom stereocenters. The van der Waals surface area contributed by atoms with Crippen LogP contribution < -0.4 is 15.4 Å². The predicted molar refractivity (Wildman–Crippen MR) is 94.6 cm³/mol. The highest BCUT2D eigenvalue weighted by atomic mass is 35.5. The number of amides is 3. The molecule has 0 aliphatic heterocycles. The molecule has 25 heavy (non-hydrogen) atoms. The van der Waals surface area contributed by atoms with E-state index >= 15 is 0 Å². The molecule has 0 fully saturated rings. The topological polar surface area (TPSA) is 109 Å². The smallest absolute Gasteiger partial charge is 0.321 e. The Bertz CT molecular complexity index is 735. The minimum Gasteiger partial charge on any atom is -0.486 e. The number of halogens is 1. The van der Waals surface area contributed by atoms with Gasteiger partial charge in [0, 0.05) is 11.6 Å². The van der Waals surface area contributed by atoms with Crippen LogP contribution in [0.1, 0.15) is 5.82 Å². The van der Waals surface area contributed by atoms with Crippen molar-refractivity contribution in [3.8, 4) is 5.75 Å². The van der Waals surface area contributed by atoms with Crippen molar-refractivity contribution in [3.05, 3.63) is 47.8 Å². The predicted octanol–water partition coefficient (Wildman–Crippen LogP) is 2.14. The number of hydrogen-bond donors (Lipinski definition) is 3. The Labute approximate surface area is 153 Å². The fraction of sp³-hybridized carbons (Fsp3) is 0.200. The third kappa shape index (κ3) is 6.86. The second kappa shape index (κ2) is 9.70. The third-order valence-electron chi connectivity index (χ3n) is 2.69. The number of thioether (sulfide) groups is 1. The quantitative estimate of drug-likeness (QED) is 0.477. The van der Waals surface area contributed by atoms with Gasteiger partial charge in [-0.15, -0.1) is 11.7 Å². The Morgan fingerprint density at radius 1 is 1.36 bits per heavy atom. The van der Waals surface area contributed by atoms with Crippen molar-refractivity contribution in [2.24, 2.45) is 0 Å². The molecule has 1 aromatic heterocycles. The summed E-state index contributed by atoms with van der Waals surface area (Å²) in [5.41, 5.74) is 0. The molecule has 0 aliphatic carbocycles. The van der Waals surface area contributed by atoms with E-state index in [0.29, 0.717) is 21.8 Å². The number of urea groups is 1. The maximum absolute atomic E-state index is 11.6. The Hall–Kier alpha value is -2.52. The number of aromatic nitrogens is 3. The first kappa shape index (κ1) is 18.8. The molecule has 0 aliphatic rings. The minimum atomic E-state index is -0.572. The molecule has 1 aromatic carbocycles. The molecule has 2 aromatic rings. The average molecular weight is 382 g/mol. The highest BCUT2D eigenvalue weighted by molar-refractivity contribution is 7.99. The minimum absolute atomic E-state index is 0.0108. The summed E-state index contributed by atoms with van der Waals surface area (Å²) in [6.07, 6.45) is 1.51. The Kier molecular flexibility index (Phi) is 7.30. The number of imide groups is 1. The lowest BCUT2D eigenvalue weighted by Crippen LogP contribution is -2.40. The number of benzene rings is 1. The Morgan fingerprint density at radius 2 is 2.12 bits per heavy atom. The fourth-order valence-corrected chi connectivity index (χ4v) is 2.33. The number of ether oxygens (including phenoxy) is 1.